The van der Waals surface area contributed by atoms with Crippen molar-refractivity contribution in [2.75, 3.05) is 5.32 Å². The Morgan fingerprint density at radius 1 is 1.06 bits per heavy atom. The number of amides is 1. The molecular formula is C24H16ClFN4O3. The maximum absolute atomic E-state index is 14.2. The highest BCUT2D eigenvalue weighted by atomic mass is 35.5. The lowest BCUT2D eigenvalue weighted by Gasteiger charge is -2.11. The summed E-state index contributed by atoms with van der Waals surface area (Å²) in [7, 11) is 0. The Morgan fingerprint density at radius 2 is 1.82 bits per heavy atom. The summed E-state index contributed by atoms with van der Waals surface area (Å²) >= 11 is 5.82. The zero-order valence-electron chi connectivity index (χ0n) is 17.0. The molecule has 0 fully saturated rings. The number of anilines is 1. The van der Waals surface area contributed by atoms with Crippen molar-refractivity contribution >= 4 is 39.7 Å². The van der Waals surface area contributed by atoms with Crippen molar-refractivity contribution < 1.29 is 14.0 Å². The van der Waals surface area contributed by atoms with E-state index in [0.29, 0.717) is 22.5 Å². The van der Waals surface area contributed by atoms with Crippen LogP contribution in [0, 0.1) is 5.82 Å². The minimum absolute atomic E-state index is 0.0204. The number of aromatic nitrogens is 2. The summed E-state index contributed by atoms with van der Waals surface area (Å²) < 4.78 is 14.2. The molecule has 2 heterocycles. The highest BCUT2D eigenvalue weighted by Gasteiger charge is 2.30. The van der Waals surface area contributed by atoms with Crippen molar-refractivity contribution in [1.82, 2.24) is 10.2 Å². The lowest BCUT2D eigenvalue weighted by Crippen LogP contribution is -2.28. The van der Waals surface area contributed by atoms with Crippen LogP contribution in [0.25, 0.3) is 22.0 Å². The predicted octanol–water partition coefficient (Wildman–Crippen LogP) is 4.51. The van der Waals surface area contributed by atoms with Crippen molar-refractivity contribution in [3.8, 4) is 11.3 Å². The predicted molar refractivity (Wildman–Crippen MR) is 124 cm³/mol. The number of aromatic amines is 1. The van der Waals surface area contributed by atoms with Gasteiger partial charge in [0.1, 0.15) is 0 Å². The van der Waals surface area contributed by atoms with E-state index in [0.717, 1.165) is 10.9 Å². The number of hydrogen-bond donors (Lipinski definition) is 2. The normalized spacial score (nSPS) is 15.2. The highest BCUT2D eigenvalue weighted by molar-refractivity contribution is 6.31. The number of halogens is 2. The van der Waals surface area contributed by atoms with E-state index in [-0.39, 0.29) is 22.6 Å². The monoisotopic (exact) mass is 462 g/mol. The van der Waals surface area contributed by atoms with Crippen LogP contribution in [-0.2, 0) is 9.63 Å². The van der Waals surface area contributed by atoms with Crippen molar-refractivity contribution in [1.29, 1.82) is 0 Å². The molecule has 0 aliphatic carbocycles. The van der Waals surface area contributed by atoms with Crippen LogP contribution >= 0.6 is 11.6 Å². The highest BCUT2D eigenvalue weighted by Crippen LogP contribution is 2.27. The van der Waals surface area contributed by atoms with Gasteiger partial charge in [0.15, 0.2) is 5.82 Å². The van der Waals surface area contributed by atoms with Gasteiger partial charge in [-0.25, -0.2) is 9.49 Å². The Bertz CT molecular complexity index is 1470. The fourth-order valence-electron chi connectivity index (χ4n) is 3.67. The van der Waals surface area contributed by atoms with Crippen LogP contribution in [-0.4, -0.2) is 27.9 Å². The van der Waals surface area contributed by atoms with E-state index in [4.69, 9.17) is 16.4 Å². The molecule has 3 aromatic carbocycles. The number of carbonyl (C=O) groups excluding carboxylic acids is 1. The van der Waals surface area contributed by atoms with E-state index >= 15 is 0 Å². The van der Waals surface area contributed by atoms with Gasteiger partial charge in [0.25, 0.3) is 11.5 Å². The third-order valence-corrected chi connectivity index (χ3v) is 5.64. The van der Waals surface area contributed by atoms with Crippen LogP contribution in [0.5, 0.6) is 0 Å². The van der Waals surface area contributed by atoms with Crippen LogP contribution in [0.2, 0.25) is 5.02 Å². The first-order valence-corrected chi connectivity index (χ1v) is 10.4. The van der Waals surface area contributed by atoms with Gasteiger partial charge in [-0.3, -0.25) is 9.59 Å². The molecule has 1 amide bonds. The topological polar surface area (TPSA) is 96.4 Å². The van der Waals surface area contributed by atoms with Crippen LogP contribution < -0.4 is 10.9 Å². The van der Waals surface area contributed by atoms with E-state index in [1.807, 2.05) is 12.1 Å². The number of H-pyrrole nitrogens is 1. The van der Waals surface area contributed by atoms with E-state index in [2.05, 4.69) is 20.7 Å². The van der Waals surface area contributed by atoms with Gasteiger partial charge in [-0.1, -0.05) is 53.2 Å². The smallest absolute Gasteiger partial charge is 0.272 e. The Morgan fingerprint density at radius 3 is 2.61 bits per heavy atom. The number of fused-ring (bicyclic) bond motifs is 1. The molecule has 5 rings (SSSR count). The molecule has 7 nitrogen and oxygen atoms in total. The molecule has 4 aromatic rings. The van der Waals surface area contributed by atoms with Gasteiger partial charge in [-0.2, -0.15) is 5.10 Å². The Hall–Kier alpha value is -4.04. The molecule has 1 aromatic heterocycles. The number of carbonyl (C=O) groups is 1. The summed E-state index contributed by atoms with van der Waals surface area (Å²) in [6.45, 7) is 0. The van der Waals surface area contributed by atoms with Gasteiger partial charge in [0, 0.05) is 28.6 Å². The fourth-order valence-corrected chi connectivity index (χ4v) is 3.85. The average molecular weight is 463 g/mol. The van der Waals surface area contributed by atoms with Crippen LogP contribution in [0.15, 0.2) is 76.7 Å². The van der Waals surface area contributed by atoms with E-state index in [1.165, 1.54) is 12.1 Å². The average Bonchev–Trinajstić information content (AvgIpc) is 3.32. The summed E-state index contributed by atoms with van der Waals surface area (Å²) in [5.74, 6) is -1.00. The van der Waals surface area contributed by atoms with Crippen LogP contribution in [0.4, 0.5) is 10.1 Å². The van der Waals surface area contributed by atoms with Crippen molar-refractivity contribution in [2.24, 2.45) is 5.16 Å². The molecule has 0 bridgehead atoms. The number of rotatable bonds is 4. The quantitative estimate of drug-likeness (QED) is 0.466. The Kier molecular flexibility index (Phi) is 5.35. The summed E-state index contributed by atoms with van der Waals surface area (Å²) in [5, 5.41) is 14.6. The Labute approximate surface area is 191 Å². The second-order valence-electron chi connectivity index (χ2n) is 7.45. The molecule has 1 aliphatic rings. The first-order valence-electron chi connectivity index (χ1n) is 10.1. The van der Waals surface area contributed by atoms with E-state index in [9.17, 15) is 14.0 Å². The van der Waals surface area contributed by atoms with E-state index in [1.54, 1.807) is 42.5 Å². The standard InChI is InChI=1S/C24H16ClFN4O3/c25-18-7-3-6-17(21(18)26)19-12-20(33-30-19)24(32)27-14-10-8-13(9-11-14)22-15-4-1-2-5-16(15)23(31)29-28-22/h1-11,20H,12H2,(H,27,32)(H,29,31). The molecule has 2 N–H and O–H groups in total. The molecule has 1 atom stereocenters. The molecule has 0 spiro atoms. The van der Waals surface area contributed by atoms with Crippen molar-refractivity contribution in [3.63, 3.8) is 0 Å². The summed E-state index contributed by atoms with van der Waals surface area (Å²) in [6.07, 6.45) is -0.767. The van der Waals surface area contributed by atoms with E-state index < -0.39 is 17.8 Å². The maximum Gasteiger partial charge on any atom is 0.272 e. The third-order valence-electron chi connectivity index (χ3n) is 5.35. The summed E-state index contributed by atoms with van der Waals surface area (Å²) in [4.78, 5) is 29.9. The number of hydrogen-bond acceptors (Lipinski definition) is 5. The second kappa shape index (κ2) is 8.48. The SMILES string of the molecule is O=C(Nc1ccc(-c2n[nH]c(=O)c3ccccc23)cc1)C1CC(c2cccc(Cl)c2F)=NO1. The van der Waals surface area contributed by atoms with Gasteiger partial charge in [-0.05, 0) is 30.3 Å². The first kappa shape index (κ1) is 20.8. The van der Waals surface area contributed by atoms with Gasteiger partial charge < -0.3 is 10.2 Å². The molecule has 9 heteroatoms. The third kappa shape index (κ3) is 3.96. The van der Waals surface area contributed by atoms with Gasteiger partial charge in [0.05, 0.1) is 21.8 Å². The molecule has 33 heavy (non-hydrogen) atoms. The lowest BCUT2D eigenvalue weighted by atomic mass is 10.0. The molecule has 0 saturated carbocycles. The minimum Gasteiger partial charge on any atom is -0.382 e. The number of nitrogens with one attached hydrogen (secondary N) is 2. The number of nitrogens with zero attached hydrogens (tertiary/aromatic N) is 2. The summed E-state index contributed by atoms with van der Waals surface area (Å²) in [5.41, 5.74) is 2.23. The zero-order chi connectivity index (χ0) is 22.9. The van der Waals surface area contributed by atoms with Gasteiger partial charge in [0.2, 0.25) is 6.10 Å². The zero-order valence-corrected chi connectivity index (χ0v) is 17.8. The maximum atomic E-state index is 14.2. The molecule has 0 saturated heterocycles. The first-order chi connectivity index (χ1) is 16.0. The lowest BCUT2D eigenvalue weighted by molar-refractivity contribution is -0.125. The second-order valence-corrected chi connectivity index (χ2v) is 7.86. The Balaban J connectivity index is 1.30. The molecular weight excluding hydrogens is 447 g/mol. The van der Waals surface area contributed by atoms with Gasteiger partial charge in [-0.15, -0.1) is 0 Å². The summed E-state index contributed by atoms with van der Waals surface area (Å²) in [6, 6.07) is 18.8. The molecule has 0 radical (unpaired) electrons. The number of oxime groups is 1. The van der Waals surface area contributed by atoms with Crippen molar-refractivity contribution in [2.45, 2.75) is 12.5 Å². The molecule has 1 unspecified atom stereocenters. The van der Waals surface area contributed by atoms with Crippen LogP contribution in [0.1, 0.15) is 12.0 Å². The number of benzene rings is 3. The largest absolute Gasteiger partial charge is 0.382 e. The molecule has 164 valence electrons. The van der Waals surface area contributed by atoms with Crippen LogP contribution in [0.3, 0.4) is 0 Å². The fraction of sp³-hybridized carbons (Fsp3) is 0.0833. The van der Waals surface area contributed by atoms with Crippen molar-refractivity contribution in [3.05, 3.63) is 93.5 Å². The molecule has 1 aliphatic heterocycles. The minimum atomic E-state index is -0.886. The van der Waals surface area contributed by atoms with Gasteiger partial charge >= 0.3 is 0 Å².